The van der Waals surface area contributed by atoms with E-state index in [-0.39, 0.29) is 5.82 Å². The number of hydrogen-bond donors (Lipinski definition) is 1. The molecule has 0 aliphatic rings. The summed E-state index contributed by atoms with van der Waals surface area (Å²) in [6, 6.07) is 4.95. The van der Waals surface area contributed by atoms with Crippen LogP contribution in [0.5, 0.6) is 0 Å². The Bertz CT molecular complexity index is 812. The van der Waals surface area contributed by atoms with Gasteiger partial charge in [0.15, 0.2) is 5.52 Å². The van der Waals surface area contributed by atoms with Gasteiger partial charge >= 0.3 is 5.82 Å². The number of aromatic nitrogens is 4. The molecule has 19 heavy (non-hydrogen) atoms. The summed E-state index contributed by atoms with van der Waals surface area (Å²) in [5.74, 6) is -0.149. The second-order valence-corrected chi connectivity index (χ2v) is 3.78. The summed E-state index contributed by atoms with van der Waals surface area (Å²) in [5, 5.41) is 30.4. The van der Waals surface area contributed by atoms with Gasteiger partial charge in [-0.15, -0.1) is 0 Å². The average molecular weight is 254 g/mol. The van der Waals surface area contributed by atoms with Crippen LogP contribution in [-0.2, 0) is 0 Å². The SMILES string of the molecule is N#Cc1cnn2c([N+](=O)[O-])ccc2c1-c1cn[nH]c1. The van der Waals surface area contributed by atoms with Crippen molar-refractivity contribution in [2.24, 2.45) is 0 Å². The van der Waals surface area contributed by atoms with Gasteiger partial charge in [-0.3, -0.25) is 5.10 Å². The number of fused-ring (bicyclic) bond motifs is 1. The number of nitrogens with zero attached hydrogens (tertiary/aromatic N) is 5. The normalized spacial score (nSPS) is 10.5. The third-order valence-corrected chi connectivity index (χ3v) is 2.76. The van der Waals surface area contributed by atoms with Crippen LogP contribution < -0.4 is 0 Å². The zero-order chi connectivity index (χ0) is 13.4. The number of nitrogens with one attached hydrogen (secondary N) is 1. The second-order valence-electron chi connectivity index (χ2n) is 3.78. The van der Waals surface area contributed by atoms with Gasteiger partial charge in [0.2, 0.25) is 0 Å². The van der Waals surface area contributed by atoms with E-state index in [1.54, 1.807) is 18.5 Å². The fourth-order valence-electron chi connectivity index (χ4n) is 1.96. The van der Waals surface area contributed by atoms with Gasteiger partial charge in [0.1, 0.15) is 6.07 Å². The summed E-state index contributed by atoms with van der Waals surface area (Å²) < 4.78 is 1.20. The fraction of sp³-hybridized carbons (Fsp3) is 0. The summed E-state index contributed by atoms with van der Waals surface area (Å²) in [6.45, 7) is 0. The smallest absolute Gasteiger partial charge is 0.348 e. The topological polar surface area (TPSA) is 113 Å². The number of nitro groups is 1. The highest BCUT2D eigenvalue weighted by Crippen LogP contribution is 2.29. The molecule has 0 saturated heterocycles. The molecule has 0 atom stereocenters. The van der Waals surface area contributed by atoms with Gasteiger partial charge in [0, 0.05) is 17.8 Å². The third kappa shape index (κ3) is 1.53. The lowest BCUT2D eigenvalue weighted by atomic mass is 10.1. The minimum absolute atomic E-state index is 0.149. The van der Waals surface area contributed by atoms with Gasteiger partial charge in [-0.25, -0.2) is 0 Å². The first-order valence-corrected chi connectivity index (χ1v) is 5.26. The van der Waals surface area contributed by atoms with Crippen molar-refractivity contribution in [2.75, 3.05) is 0 Å². The molecular weight excluding hydrogens is 248 g/mol. The first kappa shape index (κ1) is 10.9. The van der Waals surface area contributed by atoms with E-state index in [2.05, 4.69) is 15.3 Å². The number of nitriles is 1. The summed E-state index contributed by atoms with van der Waals surface area (Å²) >= 11 is 0. The molecule has 0 spiro atoms. The summed E-state index contributed by atoms with van der Waals surface area (Å²) in [6.07, 6.45) is 4.48. The molecular formula is C11H6N6O2. The molecule has 3 aromatic rings. The van der Waals surface area contributed by atoms with Gasteiger partial charge in [0.25, 0.3) is 0 Å². The lowest BCUT2D eigenvalue weighted by Crippen LogP contribution is -2.00. The van der Waals surface area contributed by atoms with Crippen LogP contribution in [0.3, 0.4) is 0 Å². The number of hydrogen-bond acceptors (Lipinski definition) is 5. The highest BCUT2D eigenvalue weighted by atomic mass is 16.6. The first-order chi connectivity index (χ1) is 9.22. The third-order valence-electron chi connectivity index (χ3n) is 2.76. The Hall–Kier alpha value is -3.21. The molecule has 0 aliphatic heterocycles. The summed E-state index contributed by atoms with van der Waals surface area (Å²) in [5.41, 5.74) is 2.07. The zero-order valence-corrected chi connectivity index (χ0v) is 9.44. The van der Waals surface area contributed by atoms with Crippen LogP contribution in [0.2, 0.25) is 0 Å². The van der Waals surface area contributed by atoms with E-state index in [1.807, 2.05) is 6.07 Å². The van der Waals surface area contributed by atoms with Gasteiger partial charge in [-0.2, -0.15) is 10.4 Å². The van der Waals surface area contributed by atoms with Crippen LogP contribution in [0.4, 0.5) is 5.82 Å². The van der Waals surface area contributed by atoms with Gasteiger partial charge in [-0.1, -0.05) is 9.61 Å². The molecule has 8 nitrogen and oxygen atoms in total. The van der Waals surface area contributed by atoms with Crippen molar-refractivity contribution in [2.45, 2.75) is 0 Å². The highest BCUT2D eigenvalue weighted by Gasteiger charge is 2.21. The van der Waals surface area contributed by atoms with E-state index < -0.39 is 4.92 Å². The Kier molecular flexibility index (Phi) is 2.25. The molecule has 0 aromatic carbocycles. The Morgan fingerprint density at radius 2 is 2.26 bits per heavy atom. The van der Waals surface area contributed by atoms with Crippen LogP contribution in [0, 0.1) is 21.4 Å². The van der Waals surface area contributed by atoms with Crippen LogP contribution >= 0.6 is 0 Å². The van der Waals surface area contributed by atoms with Crippen LogP contribution in [0.15, 0.2) is 30.7 Å². The van der Waals surface area contributed by atoms with Crippen molar-refractivity contribution in [3.63, 3.8) is 0 Å². The molecule has 3 aromatic heterocycles. The number of aromatic amines is 1. The maximum absolute atomic E-state index is 10.9. The van der Waals surface area contributed by atoms with Crippen molar-refractivity contribution in [1.82, 2.24) is 19.8 Å². The van der Waals surface area contributed by atoms with Crippen molar-refractivity contribution < 1.29 is 4.92 Å². The monoisotopic (exact) mass is 254 g/mol. The Morgan fingerprint density at radius 1 is 1.42 bits per heavy atom. The predicted octanol–water partition coefficient (Wildman–Crippen LogP) is 1.50. The molecule has 0 unspecified atom stereocenters. The lowest BCUT2D eigenvalue weighted by molar-refractivity contribution is -0.390. The standard InChI is InChI=1S/C11H6N6O2/c12-3-7-6-15-16-9(1-2-10(16)17(18)19)11(7)8-4-13-14-5-8/h1-2,4-6H,(H,13,14). The highest BCUT2D eigenvalue weighted by molar-refractivity contribution is 5.84. The molecule has 3 heterocycles. The Labute approximate surface area is 106 Å². The van der Waals surface area contributed by atoms with E-state index in [0.29, 0.717) is 22.2 Å². The molecule has 0 fully saturated rings. The summed E-state index contributed by atoms with van der Waals surface area (Å²) in [4.78, 5) is 10.4. The largest absolute Gasteiger partial charge is 0.358 e. The average Bonchev–Trinajstić information content (AvgIpc) is 3.06. The molecule has 0 aliphatic carbocycles. The molecule has 0 radical (unpaired) electrons. The predicted molar refractivity (Wildman–Crippen MR) is 64.1 cm³/mol. The summed E-state index contributed by atoms with van der Waals surface area (Å²) in [7, 11) is 0. The molecule has 8 heteroatoms. The second kappa shape index (κ2) is 3.92. The van der Waals surface area contributed by atoms with Gasteiger partial charge in [0.05, 0.1) is 23.5 Å². The van der Waals surface area contributed by atoms with Gasteiger partial charge in [-0.05, 0) is 11.0 Å². The van der Waals surface area contributed by atoms with E-state index in [4.69, 9.17) is 5.26 Å². The fourth-order valence-corrected chi connectivity index (χ4v) is 1.96. The molecule has 3 rings (SSSR count). The van der Waals surface area contributed by atoms with Crippen molar-refractivity contribution in [3.05, 3.63) is 46.4 Å². The molecule has 92 valence electrons. The van der Waals surface area contributed by atoms with E-state index in [9.17, 15) is 10.1 Å². The number of H-pyrrole nitrogens is 1. The number of rotatable bonds is 2. The van der Waals surface area contributed by atoms with Crippen LogP contribution in [0.25, 0.3) is 16.6 Å². The first-order valence-electron chi connectivity index (χ1n) is 5.26. The Balaban J connectivity index is 2.41. The molecule has 0 bridgehead atoms. The minimum Gasteiger partial charge on any atom is -0.358 e. The molecule has 1 N–H and O–H groups in total. The van der Waals surface area contributed by atoms with Crippen molar-refractivity contribution in [3.8, 4) is 17.2 Å². The maximum Gasteiger partial charge on any atom is 0.348 e. The van der Waals surface area contributed by atoms with Crippen molar-refractivity contribution >= 4 is 11.3 Å². The van der Waals surface area contributed by atoms with Crippen LogP contribution in [0.1, 0.15) is 5.56 Å². The van der Waals surface area contributed by atoms with Crippen LogP contribution in [-0.4, -0.2) is 24.7 Å². The van der Waals surface area contributed by atoms with E-state index >= 15 is 0 Å². The Morgan fingerprint density at radius 3 is 2.89 bits per heavy atom. The maximum atomic E-state index is 10.9. The zero-order valence-electron chi connectivity index (χ0n) is 9.44. The minimum atomic E-state index is -0.523. The van der Waals surface area contributed by atoms with Crippen molar-refractivity contribution in [1.29, 1.82) is 5.26 Å². The molecule has 0 amide bonds. The lowest BCUT2D eigenvalue weighted by Gasteiger charge is -2.00. The van der Waals surface area contributed by atoms with E-state index in [1.165, 1.54) is 16.8 Å². The van der Waals surface area contributed by atoms with Gasteiger partial charge < -0.3 is 10.1 Å². The van der Waals surface area contributed by atoms with E-state index in [0.717, 1.165) is 0 Å². The quantitative estimate of drug-likeness (QED) is 0.550. The molecule has 0 saturated carbocycles.